The van der Waals surface area contributed by atoms with Crippen LogP contribution in [0.2, 0.25) is 0 Å². The van der Waals surface area contributed by atoms with E-state index >= 15 is 0 Å². The molecule has 0 aliphatic heterocycles. The largest absolute Gasteiger partial charge is 0.435 e. The van der Waals surface area contributed by atoms with E-state index in [9.17, 15) is 26.4 Å². The lowest BCUT2D eigenvalue weighted by atomic mass is 10.2. The van der Waals surface area contributed by atoms with Crippen LogP contribution in [0.1, 0.15) is 25.5 Å². The van der Waals surface area contributed by atoms with Crippen LogP contribution in [-0.4, -0.2) is 51.9 Å². The number of hydrogen-bond acceptors (Lipinski definition) is 7. The molecular weight excluding hydrogens is 449 g/mol. The maximum atomic E-state index is 13.0. The monoisotopic (exact) mass is 468 g/mol. The van der Waals surface area contributed by atoms with Gasteiger partial charge in [-0.25, -0.2) is 18.4 Å². The van der Waals surface area contributed by atoms with E-state index in [0.29, 0.717) is 5.69 Å². The summed E-state index contributed by atoms with van der Waals surface area (Å²) in [6.45, 7) is 1.46. The standard InChI is InChI=1S/C19H19F3N6O3S/c1-4-32(30,31)13-7-11(27(2)18(29)10-5-6-10)9-23-15(13)17-24-12-8-14(19(20,21)22)25-26-16(12)28(17)3/h7-10H,4-6H2,1-3H3. The van der Waals surface area contributed by atoms with Crippen LogP contribution in [0.3, 0.4) is 0 Å². The van der Waals surface area contributed by atoms with Gasteiger partial charge in [0.05, 0.1) is 22.5 Å². The number of hydrogen-bond donors (Lipinski definition) is 0. The van der Waals surface area contributed by atoms with Crippen LogP contribution in [0.5, 0.6) is 0 Å². The van der Waals surface area contributed by atoms with E-state index < -0.39 is 21.7 Å². The fourth-order valence-corrected chi connectivity index (χ4v) is 4.30. The number of aryl methyl sites for hydroxylation is 1. The molecule has 0 unspecified atom stereocenters. The van der Waals surface area contributed by atoms with Crippen molar-refractivity contribution in [2.24, 2.45) is 13.0 Å². The van der Waals surface area contributed by atoms with Gasteiger partial charge in [0.1, 0.15) is 11.2 Å². The van der Waals surface area contributed by atoms with E-state index in [-0.39, 0.29) is 45.2 Å². The van der Waals surface area contributed by atoms with Gasteiger partial charge in [-0.05, 0) is 18.9 Å². The Kier molecular flexibility index (Phi) is 5.18. The Hall–Kier alpha value is -3.09. The second-order valence-corrected chi connectivity index (χ2v) is 9.79. The summed E-state index contributed by atoms with van der Waals surface area (Å²) in [4.78, 5) is 22.0. The predicted octanol–water partition coefficient (Wildman–Crippen LogP) is 2.61. The van der Waals surface area contributed by atoms with E-state index in [1.54, 1.807) is 7.05 Å². The van der Waals surface area contributed by atoms with Crippen LogP contribution in [0, 0.1) is 5.92 Å². The van der Waals surface area contributed by atoms with Gasteiger partial charge in [-0.1, -0.05) is 6.92 Å². The van der Waals surface area contributed by atoms with Crippen molar-refractivity contribution < 1.29 is 26.4 Å². The van der Waals surface area contributed by atoms with Crippen LogP contribution in [0.15, 0.2) is 23.2 Å². The highest BCUT2D eigenvalue weighted by Gasteiger charge is 2.35. The fraction of sp³-hybridized carbons (Fsp3) is 0.421. The topological polar surface area (TPSA) is 111 Å². The molecule has 3 aromatic heterocycles. The Labute approximate surface area is 181 Å². The Balaban J connectivity index is 1.88. The number of nitrogens with zero attached hydrogens (tertiary/aromatic N) is 6. The highest BCUT2D eigenvalue weighted by Crippen LogP contribution is 2.35. The van der Waals surface area contributed by atoms with Gasteiger partial charge in [-0.2, -0.15) is 13.2 Å². The zero-order chi connectivity index (χ0) is 23.4. The number of anilines is 1. The first kappa shape index (κ1) is 22.1. The lowest BCUT2D eigenvalue weighted by Gasteiger charge is -2.19. The SMILES string of the molecule is CCS(=O)(=O)c1cc(N(C)C(=O)C2CC2)cnc1-c1nc2cc(C(F)(F)F)nnc2n1C. The molecule has 1 saturated carbocycles. The van der Waals surface area contributed by atoms with Crippen molar-refractivity contribution in [3.8, 4) is 11.5 Å². The van der Waals surface area contributed by atoms with Gasteiger partial charge in [0.2, 0.25) is 5.91 Å². The Morgan fingerprint density at radius 2 is 1.94 bits per heavy atom. The molecule has 4 rings (SSSR count). The third-order valence-corrected chi connectivity index (χ3v) is 7.06. The minimum absolute atomic E-state index is 0.0170. The third kappa shape index (κ3) is 3.80. The second kappa shape index (κ2) is 7.50. The number of carbonyl (C=O) groups excluding carboxylic acids is 1. The number of fused-ring (bicyclic) bond motifs is 1. The molecule has 3 heterocycles. The van der Waals surface area contributed by atoms with Crippen molar-refractivity contribution >= 4 is 32.6 Å². The third-order valence-electron chi connectivity index (χ3n) is 5.32. The molecule has 32 heavy (non-hydrogen) atoms. The highest BCUT2D eigenvalue weighted by molar-refractivity contribution is 7.91. The maximum absolute atomic E-state index is 13.0. The molecule has 1 aliphatic carbocycles. The summed E-state index contributed by atoms with van der Waals surface area (Å²) in [5.74, 6) is -0.430. The van der Waals surface area contributed by atoms with Crippen molar-refractivity contribution in [1.82, 2.24) is 24.7 Å². The van der Waals surface area contributed by atoms with Gasteiger partial charge >= 0.3 is 6.18 Å². The molecular formula is C19H19F3N6O3S. The first-order valence-corrected chi connectivity index (χ1v) is 11.4. The van der Waals surface area contributed by atoms with Crippen LogP contribution in [0.4, 0.5) is 18.9 Å². The lowest BCUT2D eigenvalue weighted by molar-refractivity contribution is -0.141. The Morgan fingerprint density at radius 1 is 1.25 bits per heavy atom. The number of amides is 1. The van der Waals surface area contributed by atoms with Crippen LogP contribution < -0.4 is 4.90 Å². The number of pyridine rings is 1. The second-order valence-electron chi connectivity index (χ2n) is 7.55. The minimum atomic E-state index is -4.70. The first-order chi connectivity index (χ1) is 14.9. The minimum Gasteiger partial charge on any atom is -0.314 e. The molecule has 0 saturated heterocycles. The summed E-state index contributed by atoms with van der Waals surface area (Å²) in [6.07, 6.45) is -1.78. The normalized spacial score (nSPS) is 14.7. The lowest BCUT2D eigenvalue weighted by Crippen LogP contribution is -2.28. The molecule has 0 N–H and O–H groups in total. The van der Waals surface area contributed by atoms with Crippen molar-refractivity contribution in [2.45, 2.75) is 30.8 Å². The quantitative estimate of drug-likeness (QED) is 0.566. The van der Waals surface area contributed by atoms with Gasteiger partial charge in [0, 0.05) is 26.1 Å². The van der Waals surface area contributed by atoms with Crippen LogP contribution in [0.25, 0.3) is 22.7 Å². The number of sulfone groups is 1. The van der Waals surface area contributed by atoms with E-state index in [4.69, 9.17) is 0 Å². The number of carbonyl (C=O) groups is 1. The number of rotatable bonds is 5. The summed E-state index contributed by atoms with van der Waals surface area (Å²) in [5.41, 5.74) is -1.01. The Bertz CT molecular complexity index is 1330. The molecule has 1 fully saturated rings. The van der Waals surface area contributed by atoms with Gasteiger partial charge in [0.25, 0.3) is 0 Å². The number of alkyl halides is 3. The van der Waals surface area contributed by atoms with Crippen molar-refractivity contribution in [3.63, 3.8) is 0 Å². The van der Waals surface area contributed by atoms with Gasteiger partial charge in [0.15, 0.2) is 27.0 Å². The molecule has 0 radical (unpaired) electrons. The molecule has 0 bridgehead atoms. The summed E-state index contributed by atoms with van der Waals surface area (Å²) in [7, 11) is -0.795. The van der Waals surface area contributed by atoms with E-state index in [2.05, 4.69) is 20.2 Å². The van der Waals surface area contributed by atoms with E-state index in [0.717, 1.165) is 18.9 Å². The summed E-state index contributed by atoms with van der Waals surface area (Å²) < 4.78 is 66.0. The van der Waals surface area contributed by atoms with Gasteiger partial charge < -0.3 is 9.47 Å². The maximum Gasteiger partial charge on any atom is 0.435 e. The average Bonchev–Trinajstić information content (AvgIpc) is 3.55. The van der Waals surface area contributed by atoms with Crippen molar-refractivity contribution in [1.29, 1.82) is 0 Å². The molecule has 0 aromatic carbocycles. The number of halogens is 3. The smallest absolute Gasteiger partial charge is 0.314 e. The van der Waals surface area contributed by atoms with Crippen LogP contribution >= 0.6 is 0 Å². The molecule has 1 amide bonds. The summed E-state index contributed by atoms with van der Waals surface area (Å²) >= 11 is 0. The van der Waals surface area contributed by atoms with Crippen molar-refractivity contribution in [3.05, 3.63) is 24.0 Å². The molecule has 170 valence electrons. The van der Waals surface area contributed by atoms with E-state index in [1.165, 1.54) is 35.7 Å². The molecule has 0 atom stereocenters. The van der Waals surface area contributed by atoms with Gasteiger partial charge in [-0.15, -0.1) is 10.2 Å². The number of aromatic nitrogens is 5. The zero-order valence-corrected chi connectivity index (χ0v) is 18.2. The molecule has 13 heteroatoms. The van der Waals surface area contributed by atoms with Crippen LogP contribution in [-0.2, 0) is 27.9 Å². The predicted molar refractivity (Wildman–Crippen MR) is 108 cm³/mol. The van der Waals surface area contributed by atoms with Crippen molar-refractivity contribution in [2.75, 3.05) is 17.7 Å². The zero-order valence-electron chi connectivity index (χ0n) is 17.4. The highest BCUT2D eigenvalue weighted by atomic mass is 32.2. The fourth-order valence-electron chi connectivity index (χ4n) is 3.25. The molecule has 0 spiro atoms. The first-order valence-electron chi connectivity index (χ1n) is 9.72. The number of imidazole rings is 1. The molecule has 3 aromatic rings. The molecule has 9 nitrogen and oxygen atoms in total. The summed E-state index contributed by atoms with van der Waals surface area (Å²) in [6, 6.07) is 2.09. The summed E-state index contributed by atoms with van der Waals surface area (Å²) in [5, 5.41) is 6.79. The van der Waals surface area contributed by atoms with E-state index in [1.807, 2.05) is 0 Å². The average molecular weight is 468 g/mol. The Morgan fingerprint density at radius 3 is 2.53 bits per heavy atom. The molecule has 1 aliphatic rings. The van der Waals surface area contributed by atoms with Gasteiger partial charge in [-0.3, -0.25) is 4.79 Å².